The first-order valence-electron chi connectivity index (χ1n) is 6.53. The fraction of sp³-hybridized carbons (Fsp3) is 0.357. The summed E-state index contributed by atoms with van der Waals surface area (Å²) in [5, 5.41) is 12.4. The summed E-state index contributed by atoms with van der Waals surface area (Å²) >= 11 is 0. The highest BCUT2D eigenvalue weighted by Crippen LogP contribution is 2.24. The fourth-order valence-corrected chi connectivity index (χ4v) is 2.45. The molecule has 20 heavy (non-hydrogen) atoms. The third-order valence-electron chi connectivity index (χ3n) is 3.49. The van der Waals surface area contributed by atoms with Crippen LogP contribution in [0, 0.1) is 0 Å². The van der Waals surface area contributed by atoms with E-state index in [1.54, 1.807) is 18.3 Å². The molecule has 1 fully saturated rings. The normalized spacial score (nSPS) is 23.2. The molecule has 2 aliphatic rings. The van der Waals surface area contributed by atoms with Crippen molar-refractivity contribution in [2.75, 3.05) is 26.3 Å². The van der Waals surface area contributed by atoms with Crippen LogP contribution in [0.25, 0.3) is 0 Å². The number of ketones is 1. The average molecular weight is 273 g/mol. The van der Waals surface area contributed by atoms with E-state index < -0.39 is 0 Å². The molecular formula is C14H15N3O3. The van der Waals surface area contributed by atoms with Gasteiger partial charge in [0.05, 0.1) is 18.9 Å². The topological polar surface area (TPSA) is 75.0 Å². The number of ether oxygens (including phenoxy) is 1. The van der Waals surface area contributed by atoms with Crippen LogP contribution in [0.1, 0.15) is 22.5 Å². The number of carbonyl (C=O) groups is 1. The molecule has 1 saturated heterocycles. The highest BCUT2D eigenvalue weighted by Gasteiger charge is 2.28. The summed E-state index contributed by atoms with van der Waals surface area (Å²) < 4.78 is 5.28. The number of hydrogen-bond acceptors (Lipinski definition) is 6. The van der Waals surface area contributed by atoms with Gasteiger partial charge in [-0.2, -0.15) is 0 Å². The SMILES string of the molecule is O=C1C(=CN2CCOCC2)CC(=NO)c2cccnc21. The van der Waals surface area contributed by atoms with E-state index in [4.69, 9.17) is 9.94 Å². The molecule has 0 amide bonds. The average Bonchev–Trinajstić information content (AvgIpc) is 2.51. The molecule has 0 unspecified atom stereocenters. The van der Waals surface area contributed by atoms with Crippen LogP contribution in [0.15, 0.2) is 35.3 Å². The summed E-state index contributed by atoms with van der Waals surface area (Å²) in [7, 11) is 0. The molecule has 0 spiro atoms. The molecule has 1 aliphatic carbocycles. The molecule has 6 nitrogen and oxygen atoms in total. The van der Waals surface area contributed by atoms with E-state index in [1.165, 1.54) is 0 Å². The maximum Gasteiger partial charge on any atom is 0.209 e. The van der Waals surface area contributed by atoms with Gasteiger partial charge in [0.1, 0.15) is 5.69 Å². The number of nitrogens with zero attached hydrogens (tertiary/aromatic N) is 3. The second kappa shape index (κ2) is 5.42. The molecule has 0 aromatic carbocycles. The quantitative estimate of drug-likeness (QED) is 0.470. The Balaban J connectivity index is 1.95. The van der Waals surface area contributed by atoms with Crippen LogP contribution >= 0.6 is 0 Å². The van der Waals surface area contributed by atoms with Gasteiger partial charge in [0, 0.05) is 43.0 Å². The monoisotopic (exact) mass is 273 g/mol. The zero-order valence-electron chi connectivity index (χ0n) is 11.0. The largest absolute Gasteiger partial charge is 0.411 e. The molecule has 6 heteroatoms. The maximum atomic E-state index is 12.4. The fourth-order valence-electron chi connectivity index (χ4n) is 2.45. The van der Waals surface area contributed by atoms with E-state index >= 15 is 0 Å². The van der Waals surface area contributed by atoms with Crippen molar-refractivity contribution in [2.45, 2.75) is 6.42 Å². The van der Waals surface area contributed by atoms with Crippen molar-refractivity contribution in [3.8, 4) is 0 Å². The van der Waals surface area contributed by atoms with Crippen molar-refractivity contribution < 1.29 is 14.7 Å². The van der Waals surface area contributed by atoms with E-state index in [0.29, 0.717) is 42.2 Å². The number of carbonyl (C=O) groups excluding carboxylic acids is 1. The van der Waals surface area contributed by atoms with Crippen molar-refractivity contribution in [3.05, 3.63) is 41.4 Å². The highest BCUT2D eigenvalue weighted by molar-refractivity contribution is 6.22. The Morgan fingerprint density at radius 1 is 1.40 bits per heavy atom. The van der Waals surface area contributed by atoms with E-state index in [1.807, 2.05) is 6.20 Å². The Morgan fingerprint density at radius 3 is 2.95 bits per heavy atom. The van der Waals surface area contributed by atoms with Gasteiger partial charge in [-0.3, -0.25) is 9.78 Å². The number of morpholine rings is 1. The molecular weight excluding hydrogens is 258 g/mol. The Hall–Kier alpha value is -2.21. The molecule has 1 aromatic heterocycles. The van der Waals surface area contributed by atoms with Gasteiger partial charge < -0.3 is 14.8 Å². The molecule has 104 valence electrons. The summed E-state index contributed by atoms with van der Waals surface area (Å²) in [6, 6.07) is 3.48. The molecule has 0 radical (unpaired) electrons. The highest BCUT2D eigenvalue weighted by atomic mass is 16.5. The molecule has 3 rings (SSSR count). The number of Topliss-reactive ketones (excluding diaryl/α,β-unsaturated/α-hetero) is 1. The second-order valence-corrected chi connectivity index (χ2v) is 4.75. The van der Waals surface area contributed by atoms with Crippen LogP contribution in [-0.2, 0) is 4.74 Å². The number of pyridine rings is 1. The van der Waals surface area contributed by atoms with Crippen molar-refractivity contribution in [3.63, 3.8) is 0 Å². The summed E-state index contributed by atoms with van der Waals surface area (Å²) in [5.74, 6) is -0.0977. The van der Waals surface area contributed by atoms with Crippen LogP contribution in [0.5, 0.6) is 0 Å². The number of rotatable bonds is 1. The molecule has 0 atom stereocenters. The van der Waals surface area contributed by atoms with Gasteiger partial charge in [-0.25, -0.2) is 0 Å². The van der Waals surface area contributed by atoms with Crippen molar-refractivity contribution in [1.29, 1.82) is 0 Å². The van der Waals surface area contributed by atoms with Crippen LogP contribution in [0.2, 0.25) is 0 Å². The third-order valence-corrected chi connectivity index (χ3v) is 3.49. The van der Waals surface area contributed by atoms with E-state index in [9.17, 15) is 4.79 Å². The third kappa shape index (κ3) is 2.30. The molecule has 0 saturated carbocycles. The number of oxime groups is 1. The van der Waals surface area contributed by atoms with Gasteiger partial charge in [-0.1, -0.05) is 5.16 Å². The van der Waals surface area contributed by atoms with Gasteiger partial charge in [-0.15, -0.1) is 0 Å². The molecule has 1 aromatic rings. The van der Waals surface area contributed by atoms with Crippen LogP contribution in [0.3, 0.4) is 0 Å². The second-order valence-electron chi connectivity index (χ2n) is 4.75. The number of allylic oxidation sites excluding steroid dienone is 1. The number of aromatic nitrogens is 1. The van der Waals surface area contributed by atoms with E-state index in [-0.39, 0.29) is 5.78 Å². The Labute approximate surface area is 116 Å². The minimum atomic E-state index is -0.0977. The number of hydrogen-bond donors (Lipinski definition) is 1. The summed E-state index contributed by atoms with van der Waals surface area (Å²) in [6.07, 6.45) is 3.74. The van der Waals surface area contributed by atoms with E-state index in [0.717, 1.165) is 13.1 Å². The smallest absolute Gasteiger partial charge is 0.209 e. The predicted octanol–water partition coefficient (Wildman–Crippen LogP) is 1.06. The van der Waals surface area contributed by atoms with Crippen LogP contribution < -0.4 is 0 Å². The maximum absolute atomic E-state index is 12.4. The predicted molar refractivity (Wildman–Crippen MR) is 72.0 cm³/mol. The Bertz CT molecular complexity index is 589. The van der Waals surface area contributed by atoms with Crippen molar-refractivity contribution in [1.82, 2.24) is 9.88 Å². The van der Waals surface area contributed by atoms with Gasteiger partial charge in [-0.05, 0) is 12.1 Å². The first kappa shape index (κ1) is 12.8. The van der Waals surface area contributed by atoms with Crippen LogP contribution in [-0.4, -0.2) is 52.9 Å². The van der Waals surface area contributed by atoms with Gasteiger partial charge in [0.15, 0.2) is 0 Å². The zero-order valence-corrected chi connectivity index (χ0v) is 11.0. The zero-order chi connectivity index (χ0) is 13.9. The first-order chi connectivity index (χ1) is 9.79. The molecule has 0 bridgehead atoms. The molecule has 1 aliphatic heterocycles. The summed E-state index contributed by atoms with van der Waals surface area (Å²) in [5.41, 5.74) is 2.04. The Kier molecular flexibility index (Phi) is 3.47. The lowest BCUT2D eigenvalue weighted by Crippen LogP contribution is -2.33. The summed E-state index contributed by atoms with van der Waals surface area (Å²) in [6.45, 7) is 2.84. The van der Waals surface area contributed by atoms with Gasteiger partial charge in [0.25, 0.3) is 0 Å². The van der Waals surface area contributed by atoms with Crippen LogP contribution in [0.4, 0.5) is 0 Å². The van der Waals surface area contributed by atoms with E-state index in [2.05, 4.69) is 15.0 Å². The van der Waals surface area contributed by atoms with Gasteiger partial charge in [0.2, 0.25) is 5.78 Å². The molecule has 2 heterocycles. The van der Waals surface area contributed by atoms with Crippen molar-refractivity contribution in [2.24, 2.45) is 5.16 Å². The number of fused-ring (bicyclic) bond motifs is 1. The lowest BCUT2D eigenvalue weighted by Gasteiger charge is -2.27. The lowest BCUT2D eigenvalue weighted by atomic mass is 9.89. The minimum Gasteiger partial charge on any atom is -0.411 e. The minimum absolute atomic E-state index is 0.0977. The Morgan fingerprint density at radius 2 is 2.20 bits per heavy atom. The van der Waals surface area contributed by atoms with Gasteiger partial charge >= 0.3 is 0 Å². The first-order valence-corrected chi connectivity index (χ1v) is 6.53. The lowest BCUT2D eigenvalue weighted by molar-refractivity contribution is 0.0587. The molecule has 1 N–H and O–H groups in total. The standard InChI is InChI=1S/C14H15N3O3/c18-14-10(9-17-4-6-20-7-5-17)8-12(16-19)11-2-1-3-15-13(11)14/h1-3,9,19H,4-8H2. The summed E-state index contributed by atoms with van der Waals surface area (Å²) in [4.78, 5) is 18.6. The van der Waals surface area contributed by atoms with Crippen molar-refractivity contribution >= 4 is 11.5 Å².